The van der Waals surface area contributed by atoms with E-state index >= 15 is 0 Å². The van der Waals surface area contributed by atoms with Crippen LogP contribution in [0.15, 0.2) is 200 Å². The van der Waals surface area contributed by atoms with Gasteiger partial charge in [0.25, 0.3) is 0 Å². The Hall–Kier alpha value is -6.75. The van der Waals surface area contributed by atoms with E-state index < -0.39 is 8.07 Å². The van der Waals surface area contributed by atoms with Crippen LogP contribution in [0.3, 0.4) is 0 Å². The summed E-state index contributed by atoms with van der Waals surface area (Å²) < 4.78 is 0. The fourth-order valence-corrected chi connectivity index (χ4v) is 13.6. The number of hydrogen-bond donors (Lipinski definition) is 0. The Bertz CT molecular complexity index is 2700. The van der Waals surface area contributed by atoms with Gasteiger partial charge in [0.15, 0.2) is 25.5 Å². The van der Waals surface area contributed by atoms with Crippen LogP contribution < -0.4 is 20.7 Å². The van der Waals surface area contributed by atoms with Crippen LogP contribution in [0.5, 0.6) is 0 Å². The van der Waals surface area contributed by atoms with E-state index in [1.165, 1.54) is 48.2 Å². The molecule has 1 aromatic heterocycles. The molecule has 4 heteroatoms. The average molecular weight is 692 g/mol. The minimum Gasteiger partial charge on any atom is -0.208 e. The van der Waals surface area contributed by atoms with E-state index in [0.29, 0.717) is 17.5 Å². The molecular formula is C49H33N3Si. The summed E-state index contributed by atoms with van der Waals surface area (Å²) in [5.74, 6) is 1.97. The summed E-state index contributed by atoms with van der Waals surface area (Å²) >= 11 is 0. The Balaban J connectivity index is 1.13. The molecule has 1 atom stereocenters. The number of nitrogens with zero attached hydrogens (tertiary/aromatic N) is 3. The predicted molar refractivity (Wildman–Crippen MR) is 222 cm³/mol. The zero-order valence-corrected chi connectivity index (χ0v) is 29.9. The van der Waals surface area contributed by atoms with Gasteiger partial charge >= 0.3 is 0 Å². The summed E-state index contributed by atoms with van der Waals surface area (Å²) in [6.45, 7) is 0. The molecule has 1 aliphatic heterocycles. The maximum Gasteiger partial charge on any atom is 0.181 e. The maximum absolute atomic E-state index is 4.97. The van der Waals surface area contributed by atoms with Gasteiger partial charge in [-0.2, -0.15) is 0 Å². The first-order valence-electron chi connectivity index (χ1n) is 18.0. The van der Waals surface area contributed by atoms with E-state index in [-0.39, 0.29) is 0 Å². The summed E-state index contributed by atoms with van der Waals surface area (Å²) in [4.78, 5) is 14.8. The minimum atomic E-state index is -2.72. The lowest BCUT2D eigenvalue weighted by Gasteiger charge is -2.32. The van der Waals surface area contributed by atoms with Gasteiger partial charge in [-0.05, 0) is 53.8 Å². The first kappa shape index (κ1) is 31.0. The smallest absolute Gasteiger partial charge is 0.181 e. The van der Waals surface area contributed by atoms with Crippen LogP contribution in [-0.4, -0.2) is 23.0 Å². The summed E-state index contributed by atoms with van der Waals surface area (Å²) in [6.07, 6.45) is 0. The molecule has 0 aliphatic carbocycles. The van der Waals surface area contributed by atoms with Crippen molar-refractivity contribution in [2.45, 2.75) is 0 Å². The van der Waals surface area contributed by atoms with Crippen molar-refractivity contribution < 1.29 is 0 Å². The van der Waals surface area contributed by atoms with Gasteiger partial charge in [-0.1, -0.05) is 200 Å². The van der Waals surface area contributed by atoms with Crippen LogP contribution in [0.25, 0.3) is 67.2 Å². The van der Waals surface area contributed by atoms with Crippen LogP contribution in [0, 0.1) is 0 Å². The molecule has 0 N–H and O–H groups in total. The van der Waals surface area contributed by atoms with Gasteiger partial charge in [0.2, 0.25) is 0 Å². The van der Waals surface area contributed by atoms with Gasteiger partial charge in [-0.25, -0.2) is 15.0 Å². The number of benzene rings is 8. The molecule has 0 saturated carbocycles. The molecule has 0 amide bonds. The van der Waals surface area contributed by atoms with Crippen LogP contribution in [0.1, 0.15) is 0 Å². The molecule has 248 valence electrons. The normalized spacial score (nSPS) is 14.5. The van der Waals surface area contributed by atoms with Crippen LogP contribution in [0.2, 0.25) is 0 Å². The largest absolute Gasteiger partial charge is 0.208 e. The number of hydrogen-bond acceptors (Lipinski definition) is 3. The minimum absolute atomic E-state index is 0.653. The topological polar surface area (TPSA) is 38.7 Å². The lowest BCUT2D eigenvalue weighted by atomic mass is 9.99. The third-order valence-corrected chi connectivity index (χ3v) is 15.5. The van der Waals surface area contributed by atoms with E-state index in [0.717, 1.165) is 22.3 Å². The van der Waals surface area contributed by atoms with E-state index in [2.05, 4.69) is 140 Å². The van der Waals surface area contributed by atoms with Crippen molar-refractivity contribution >= 4 is 39.6 Å². The molecule has 0 radical (unpaired) electrons. The Morgan fingerprint density at radius 3 is 1.45 bits per heavy atom. The van der Waals surface area contributed by atoms with Crippen molar-refractivity contribution in [3.8, 4) is 56.4 Å². The van der Waals surface area contributed by atoms with Crippen molar-refractivity contribution in [1.82, 2.24) is 15.0 Å². The lowest BCUT2D eigenvalue weighted by Crippen LogP contribution is -2.73. The molecule has 0 fully saturated rings. The average Bonchev–Trinajstić information content (AvgIpc) is 3.54. The highest BCUT2D eigenvalue weighted by Crippen LogP contribution is 2.33. The SMILES string of the molecule is c1ccc(-c2nc(-c3ccccc3)nc(-c3ccc(-c4ccc5c(c4)[Si](c4ccccc4)(c4cccc6ccccc46)c4ccccc4-5)cc3)n2)cc1. The molecule has 53 heavy (non-hydrogen) atoms. The summed E-state index contributed by atoms with van der Waals surface area (Å²) in [7, 11) is -2.72. The molecule has 9 aromatic rings. The number of rotatable bonds is 6. The Morgan fingerprint density at radius 1 is 0.302 bits per heavy atom. The fraction of sp³-hybridized carbons (Fsp3) is 0. The molecule has 1 unspecified atom stereocenters. The van der Waals surface area contributed by atoms with Crippen molar-refractivity contribution in [3.63, 3.8) is 0 Å². The van der Waals surface area contributed by atoms with E-state index in [1.54, 1.807) is 0 Å². The second kappa shape index (κ2) is 12.8. The molecule has 3 nitrogen and oxygen atoms in total. The Morgan fingerprint density at radius 2 is 0.774 bits per heavy atom. The second-order valence-electron chi connectivity index (χ2n) is 13.6. The van der Waals surface area contributed by atoms with Gasteiger partial charge in [0, 0.05) is 16.7 Å². The number of aromatic nitrogens is 3. The first-order valence-corrected chi connectivity index (χ1v) is 20.0. The third-order valence-electron chi connectivity index (χ3n) is 10.6. The number of fused-ring (bicyclic) bond motifs is 4. The van der Waals surface area contributed by atoms with Crippen molar-refractivity contribution in [2.75, 3.05) is 0 Å². The van der Waals surface area contributed by atoms with Crippen LogP contribution in [0.4, 0.5) is 0 Å². The predicted octanol–water partition coefficient (Wildman–Crippen LogP) is 9.05. The van der Waals surface area contributed by atoms with Gasteiger partial charge in [-0.15, -0.1) is 0 Å². The molecule has 0 spiro atoms. The molecule has 10 rings (SSSR count). The van der Waals surface area contributed by atoms with E-state index in [1.807, 2.05) is 60.7 Å². The summed E-state index contributed by atoms with van der Waals surface area (Å²) in [5.41, 5.74) is 7.89. The van der Waals surface area contributed by atoms with Gasteiger partial charge in [0.1, 0.15) is 0 Å². The Labute approximate surface area is 310 Å². The van der Waals surface area contributed by atoms with Gasteiger partial charge in [0.05, 0.1) is 0 Å². The fourth-order valence-electron chi connectivity index (χ4n) is 8.21. The first-order chi connectivity index (χ1) is 26.3. The quantitative estimate of drug-likeness (QED) is 0.163. The molecule has 0 bridgehead atoms. The zero-order valence-electron chi connectivity index (χ0n) is 28.9. The van der Waals surface area contributed by atoms with Crippen molar-refractivity contribution in [1.29, 1.82) is 0 Å². The summed E-state index contributed by atoms with van der Waals surface area (Å²) in [6, 6.07) is 72.1. The van der Waals surface area contributed by atoms with Gasteiger partial charge in [-0.3, -0.25) is 0 Å². The zero-order chi connectivity index (χ0) is 35.2. The summed E-state index contributed by atoms with van der Waals surface area (Å²) in [5, 5.41) is 8.30. The molecule has 8 aromatic carbocycles. The van der Waals surface area contributed by atoms with Gasteiger partial charge < -0.3 is 0 Å². The molecule has 2 heterocycles. The maximum atomic E-state index is 4.97. The highest BCUT2D eigenvalue weighted by molar-refractivity contribution is 7.23. The Kier molecular flexibility index (Phi) is 7.48. The second-order valence-corrected chi connectivity index (χ2v) is 17.3. The highest BCUT2D eigenvalue weighted by atomic mass is 28.3. The molecule has 1 aliphatic rings. The third kappa shape index (κ3) is 5.15. The van der Waals surface area contributed by atoms with Crippen LogP contribution >= 0.6 is 0 Å². The monoisotopic (exact) mass is 691 g/mol. The molecule has 0 saturated heterocycles. The van der Waals surface area contributed by atoms with E-state index in [4.69, 9.17) is 15.0 Å². The van der Waals surface area contributed by atoms with Crippen LogP contribution in [-0.2, 0) is 0 Å². The van der Waals surface area contributed by atoms with Crippen molar-refractivity contribution in [3.05, 3.63) is 200 Å². The highest BCUT2D eigenvalue weighted by Gasteiger charge is 2.49. The van der Waals surface area contributed by atoms with Crippen molar-refractivity contribution in [2.24, 2.45) is 0 Å². The molecular weight excluding hydrogens is 659 g/mol. The standard InChI is InChI=1S/C49H33N3Si/c1-4-16-36(17-5-1)47-50-48(37-18-6-2-7-19-37)52-49(51-47)38-29-27-34(28-30-38)39-31-32-43-42-24-12-13-25-45(42)53(46(43)33-39,40-21-8-3-9-22-40)44-26-14-20-35-15-10-11-23-41(35)44/h1-33H. The lowest BCUT2D eigenvalue weighted by molar-refractivity contribution is 1.07. The van der Waals surface area contributed by atoms with E-state index in [9.17, 15) is 0 Å².